The highest BCUT2D eigenvalue weighted by atomic mass is 19.1. The lowest BCUT2D eigenvalue weighted by Crippen LogP contribution is -2.36. The molecule has 25 heavy (non-hydrogen) atoms. The topological polar surface area (TPSA) is 70.6 Å². The van der Waals surface area contributed by atoms with Crippen molar-refractivity contribution >= 4 is 6.03 Å². The van der Waals surface area contributed by atoms with Crippen molar-refractivity contribution in [1.82, 2.24) is 10.6 Å². The molecule has 0 aliphatic heterocycles. The fraction of sp³-hybridized carbons (Fsp3) is 0.316. The van der Waals surface area contributed by atoms with Crippen LogP contribution in [-0.4, -0.2) is 30.9 Å². The molecule has 2 rings (SSSR count). The second-order valence-corrected chi connectivity index (χ2v) is 5.61. The van der Waals surface area contributed by atoms with E-state index in [2.05, 4.69) is 10.6 Å². The van der Waals surface area contributed by atoms with Gasteiger partial charge in [-0.2, -0.15) is 0 Å². The molecule has 2 aromatic rings. The standard InChI is InChI=1S/C19H23FN2O3/c1-14-12-17(20)7-6-15(14)8-9-21-19(24)22-13-16-4-2-3-5-18(16)25-11-10-23/h2-7,12,23H,8-11,13H2,1H3,(H2,21,22,24). The molecule has 0 saturated carbocycles. The predicted octanol–water partition coefficient (Wildman–Crippen LogP) is 2.55. The van der Waals surface area contributed by atoms with Gasteiger partial charge in [0.2, 0.25) is 0 Å². The molecule has 0 aliphatic carbocycles. The molecule has 0 atom stereocenters. The van der Waals surface area contributed by atoms with Gasteiger partial charge in [-0.1, -0.05) is 24.3 Å². The van der Waals surface area contributed by atoms with E-state index in [1.165, 1.54) is 12.1 Å². The molecule has 0 aliphatic rings. The van der Waals surface area contributed by atoms with E-state index in [0.717, 1.165) is 16.7 Å². The highest BCUT2D eigenvalue weighted by Gasteiger charge is 2.06. The molecule has 0 fully saturated rings. The van der Waals surface area contributed by atoms with E-state index in [-0.39, 0.29) is 25.1 Å². The lowest BCUT2D eigenvalue weighted by molar-refractivity contribution is 0.200. The van der Waals surface area contributed by atoms with Crippen LogP contribution in [0.15, 0.2) is 42.5 Å². The summed E-state index contributed by atoms with van der Waals surface area (Å²) in [4.78, 5) is 11.9. The number of carbonyl (C=O) groups excluding carboxylic acids is 1. The highest BCUT2D eigenvalue weighted by Crippen LogP contribution is 2.17. The zero-order chi connectivity index (χ0) is 18.1. The van der Waals surface area contributed by atoms with Crippen LogP contribution >= 0.6 is 0 Å². The van der Waals surface area contributed by atoms with Crippen LogP contribution in [0.25, 0.3) is 0 Å². The third-order valence-corrected chi connectivity index (χ3v) is 3.75. The minimum atomic E-state index is -0.281. The molecule has 0 spiro atoms. The summed E-state index contributed by atoms with van der Waals surface area (Å²) in [7, 11) is 0. The van der Waals surface area contributed by atoms with Crippen molar-refractivity contribution in [3.05, 3.63) is 65.0 Å². The number of benzene rings is 2. The molecule has 2 amide bonds. The summed E-state index contributed by atoms with van der Waals surface area (Å²) in [5, 5.41) is 14.4. The Labute approximate surface area is 146 Å². The molecular weight excluding hydrogens is 323 g/mol. The third-order valence-electron chi connectivity index (χ3n) is 3.75. The van der Waals surface area contributed by atoms with Gasteiger partial charge in [-0.25, -0.2) is 9.18 Å². The maximum Gasteiger partial charge on any atom is 0.315 e. The Balaban J connectivity index is 1.77. The first-order valence-electron chi connectivity index (χ1n) is 8.18. The van der Waals surface area contributed by atoms with Crippen LogP contribution in [0.2, 0.25) is 0 Å². The number of aryl methyl sites for hydroxylation is 1. The Bertz CT molecular complexity index is 707. The smallest absolute Gasteiger partial charge is 0.315 e. The summed E-state index contributed by atoms with van der Waals surface area (Å²) in [5.41, 5.74) is 2.71. The predicted molar refractivity (Wildman–Crippen MR) is 94.1 cm³/mol. The minimum Gasteiger partial charge on any atom is -0.491 e. The number of urea groups is 1. The van der Waals surface area contributed by atoms with E-state index in [0.29, 0.717) is 25.3 Å². The van der Waals surface area contributed by atoms with Crippen LogP contribution in [0.1, 0.15) is 16.7 Å². The van der Waals surface area contributed by atoms with Gasteiger partial charge in [0.15, 0.2) is 0 Å². The average Bonchev–Trinajstić information content (AvgIpc) is 2.60. The SMILES string of the molecule is Cc1cc(F)ccc1CCNC(=O)NCc1ccccc1OCCO. The minimum absolute atomic E-state index is 0.0644. The molecule has 134 valence electrons. The van der Waals surface area contributed by atoms with Crippen molar-refractivity contribution < 1.29 is 19.0 Å². The van der Waals surface area contributed by atoms with E-state index in [9.17, 15) is 9.18 Å². The van der Waals surface area contributed by atoms with E-state index >= 15 is 0 Å². The van der Waals surface area contributed by atoms with Gasteiger partial charge in [-0.05, 0) is 42.7 Å². The van der Waals surface area contributed by atoms with Crippen LogP contribution < -0.4 is 15.4 Å². The van der Waals surface area contributed by atoms with Gasteiger partial charge in [-0.15, -0.1) is 0 Å². The molecule has 3 N–H and O–H groups in total. The van der Waals surface area contributed by atoms with Crippen LogP contribution in [0.5, 0.6) is 5.75 Å². The van der Waals surface area contributed by atoms with Gasteiger partial charge < -0.3 is 20.5 Å². The summed E-state index contributed by atoms with van der Waals surface area (Å²) in [6, 6.07) is 11.7. The number of halogens is 1. The highest BCUT2D eigenvalue weighted by molar-refractivity contribution is 5.73. The van der Waals surface area contributed by atoms with Crippen LogP contribution in [0.4, 0.5) is 9.18 Å². The average molecular weight is 346 g/mol. The Morgan fingerprint density at radius 3 is 2.72 bits per heavy atom. The lowest BCUT2D eigenvalue weighted by atomic mass is 10.1. The number of amides is 2. The Hall–Kier alpha value is -2.60. The van der Waals surface area contributed by atoms with Crippen LogP contribution in [0, 0.1) is 12.7 Å². The van der Waals surface area contributed by atoms with Crippen LogP contribution in [-0.2, 0) is 13.0 Å². The summed E-state index contributed by atoms with van der Waals surface area (Å²) >= 11 is 0. The molecule has 6 heteroatoms. The first-order valence-corrected chi connectivity index (χ1v) is 8.18. The number of hydrogen-bond acceptors (Lipinski definition) is 3. The lowest BCUT2D eigenvalue weighted by Gasteiger charge is -2.12. The number of hydrogen-bond donors (Lipinski definition) is 3. The maximum atomic E-state index is 13.1. The normalized spacial score (nSPS) is 10.4. The molecule has 5 nitrogen and oxygen atoms in total. The fourth-order valence-electron chi connectivity index (χ4n) is 2.43. The van der Waals surface area contributed by atoms with Gasteiger partial charge >= 0.3 is 6.03 Å². The number of aliphatic hydroxyl groups is 1. The number of nitrogens with one attached hydrogen (secondary N) is 2. The van der Waals surface area contributed by atoms with Gasteiger partial charge in [0.1, 0.15) is 18.2 Å². The van der Waals surface area contributed by atoms with Crippen molar-refractivity contribution in [3.8, 4) is 5.75 Å². The van der Waals surface area contributed by atoms with Crippen LogP contribution in [0.3, 0.4) is 0 Å². The van der Waals surface area contributed by atoms with E-state index < -0.39 is 0 Å². The molecule has 0 radical (unpaired) electrons. The number of para-hydroxylation sites is 1. The van der Waals surface area contributed by atoms with Crippen molar-refractivity contribution in [2.24, 2.45) is 0 Å². The molecule has 0 aromatic heterocycles. The van der Waals surface area contributed by atoms with Gasteiger partial charge in [0.05, 0.1) is 6.61 Å². The fourth-order valence-corrected chi connectivity index (χ4v) is 2.43. The number of aliphatic hydroxyl groups excluding tert-OH is 1. The summed E-state index contributed by atoms with van der Waals surface area (Å²) in [5.74, 6) is 0.382. The zero-order valence-corrected chi connectivity index (χ0v) is 14.2. The summed E-state index contributed by atoms with van der Waals surface area (Å²) in [6.07, 6.45) is 0.635. The Morgan fingerprint density at radius 1 is 1.16 bits per heavy atom. The molecule has 0 bridgehead atoms. The number of ether oxygens (including phenoxy) is 1. The van der Waals surface area contributed by atoms with Gasteiger partial charge in [-0.3, -0.25) is 0 Å². The Morgan fingerprint density at radius 2 is 1.96 bits per heavy atom. The number of carbonyl (C=O) groups is 1. The Kier molecular flexibility index (Phi) is 7.22. The van der Waals surface area contributed by atoms with Crippen molar-refractivity contribution in [3.63, 3.8) is 0 Å². The quantitative estimate of drug-likeness (QED) is 0.688. The van der Waals surface area contributed by atoms with E-state index in [4.69, 9.17) is 9.84 Å². The van der Waals surface area contributed by atoms with Crippen molar-refractivity contribution in [2.45, 2.75) is 19.9 Å². The van der Waals surface area contributed by atoms with E-state index in [1.807, 2.05) is 25.1 Å². The van der Waals surface area contributed by atoms with Crippen molar-refractivity contribution in [1.29, 1.82) is 0 Å². The second-order valence-electron chi connectivity index (χ2n) is 5.61. The maximum absolute atomic E-state index is 13.1. The first kappa shape index (κ1) is 18.7. The monoisotopic (exact) mass is 346 g/mol. The van der Waals surface area contributed by atoms with E-state index in [1.54, 1.807) is 12.1 Å². The molecular formula is C19H23FN2O3. The van der Waals surface area contributed by atoms with Gasteiger partial charge in [0, 0.05) is 18.7 Å². The zero-order valence-electron chi connectivity index (χ0n) is 14.2. The van der Waals surface area contributed by atoms with Crippen molar-refractivity contribution in [2.75, 3.05) is 19.8 Å². The summed E-state index contributed by atoms with van der Waals surface area (Å²) in [6.45, 7) is 2.77. The summed E-state index contributed by atoms with van der Waals surface area (Å²) < 4.78 is 18.5. The second kappa shape index (κ2) is 9.64. The third kappa shape index (κ3) is 6.08. The van der Waals surface area contributed by atoms with Gasteiger partial charge in [0.25, 0.3) is 0 Å². The molecule has 0 heterocycles. The molecule has 0 unspecified atom stereocenters. The molecule has 2 aromatic carbocycles. The first-order chi connectivity index (χ1) is 12.1. The number of rotatable bonds is 8. The largest absolute Gasteiger partial charge is 0.491 e. The molecule has 0 saturated heterocycles.